The third-order valence-corrected chi connectivity index (χ3v) is 1.42. The van der Waals surface area contributed by atoms with E-state index in [0.717, 1.165) is 6.92 Å². The Hall–Kier alpha value is -1.88. The van der Waals surface area contributed by atoms with E-state index in [2.05, 4.69) is 0 Å². The molecule has 1 aromatic carbocycles. The SMILES string of the molecule is CC(=O)O.NC(C(=O)O)c1ccccc1. The summed E-state index contributed by atoms with van der Waals surface area (Å²) in [7, 11) is 0. The molecular formula is C10H13NO4. The fourth-order valence-electron chi connectivity index (χ4n) is 0.803. The lowest BCUT2D eigenvalue weighted by Crippen LogP contribution is -2.20. The maximum Gasteiger partial charge on any atom is 0.325 e. The molecule has 1 rings (SSSR count). The molecule has 1 aromatic rings. The number of carbonyl (C=O) groups is 2. The molecule has 1 unspecified atom stereocenters. The number of hydrogen-bond acceptors (Lipinski definition) is 3. The first kappa shape index (κ1) is 13.1. The Morgan fingerprint density at radius 3 is 1.93 bits per heavy atom. The maximum atomic E-state index is 10.4. The van der Waals surface area contributed by atoms with Crippen LogP contribution in [0.3, 0.4) is 0 Å². The maximum absolute atomic E-state index is 10.4. The van der Waals surface area contributed by atoms with Crippen LogP contribution in [0.5, 0.6) is 0 Å². The van der Waals surface area contributed by atoms with Crippen LogP contribution in [-0.4, -0.2) is 22.2 Å². The van der Waals surface area contributed by atoms with Gasteiger partial charge in [0.15, 0.2) is 0 Å². The first-order valence-corrected chi connectivity index (χ1v) is 4.18. The highest BCUT2D eigenvalue weighted by atomic mass is 16.4. The van der Waals surface area contributed by atoms with E-state index in [-0.39, 0.29) is 0 Å². The molecule has 0 aliphatic carbocycles. The van der Waals surface area contributed by atoms with E-state index < -0.39 is 18.0 Å². The molecule has 5 nitrogen and oxygen atoms in total. The van der Waals surface area contributed by atoms with Crippen molar-refractivity contribution in [3.63, 3.8) is 0 Å². The highest BCUT2D eigenvalue weighted by molar-refractivity contribution is 5.75. The molecule has 15 heavy (non-hydrogen) atoms. The van der Waals surface area contributed by atoms with Gasteiger partial charge in [-0.3, -0.25) is 9.59 Å². The Labute approximate surface area is 87.1 Å². The lowest BCUT2D eigenvalue weighted by molar-refractivity contribution is -0.138. The van der Waals surface area contributed by atoms with E-state index in [1.807, 2.05) is 6.07 Å². The van der Waals surface area contributed by atoms with E-state index >= 15 is 0 Å². The normalized spacial score (nSPS) is 10.8. The highest BCUT2D eigenvalue weighted by Crippen LogP contribution is 2.08. The molecule has 0 aliphatic heterocycles. The van der Waals surface area contributed by atoms with Gasteiger partial charge in [-0.25, -0.2) is 0 Å². The molecule has 0 bridgehead atoms. The van der Waals surface area contributed by atoms with Crippen molar-refractivity contribution in [3.8, 4) is 0 Å². The summed E-state index contributed by atoms with van der Waals surface area (Å²) in [6, 6.07) is 7.82. The largest absolute Gasteiger partial charge is 0.481 e. The molecule has 0 aliphatic rings. The quantitative estimate of drug-likeness (QED) is 0.673. The first-order valence-electron chi connectivity index (χ1n) is 4.18. The monoisotopic (exact) mass is 211 g/mol. The van der Waals surface area contributed by atoms with Crippen molar-refractivity contribution in [2.24, 2.45) is 5.73 Å². The van der Waals surface area contributed by atoms with E-state index in [9.17, 15) is 4.79 Å². The smallest absolute Gasteiger partial charge is 0.325 e. The molecular weight excluding hydrogens is 198 g/mol. The molecule has 5 heteroatoms. The fraction of sp³-hybridized carbons (Fsp3) is 0.200. The van der Waals surface area contributed by atoms with Crippen molar-refractivity contribution in [1.82, 2.24) is 0 Å². The zero-order chi connectivity index (χ0) is 11.8. The Bertz CT molecular complexity index is 319. The minimum Gasteiger partial charge on any atom is -0.481 e. The minimum absolute atomic E-state index is 0.625. The number of aliphatic carboxylic acids is 2. The molecule has 1 atom stereocenters. The Morgan fingerprint density at radius 2 is 1.60 bits per heavy atom. The zero-order valence-electron chi connectivity index (χ0n) is 8.25. The molecule has 82 valence electrons. The fourth-order valence-corrected chi connectivity index (χ4v) is 0.803. The van der Waals surface area contributed by atoms with Crippen LogP contribution in [0, 0.1) is 0 Å². The molecule has 0 spiro atoms. The van der Waals surface area contributed by atoms with Gasteiger partial charge in [-0.1, -0.05) is 30.3 Å². The number of carboxylic acid groups (broad SMARTS) is 2. The van der Waals surface area contributed by atoms with E-state index in [0.29, 0.717) is 5.56 Å². The number of carboxylic acids is 2. The first-order chi connectivity index (χ1) is 6.95. The van der Waals surface area contributed by atoms with Crippen LogP contribution in [0.2, 0.25) is 0 Å². The highest BCUT2D eigenvalue weighted by Gasteiger charge is 2.12. The Morgan fingerprint density at radius 1 is 1.20 bits per heavy atom. The standard InChI is InChI=1S/C8H9NO2.C2H4O2/c9-7(8(10)11)6-4-2-1-3-5-6;1-2(3)4/h1-5,7H,9H2,(H,10,11);1H3,(H,3,4). The van der Waals surface area contributed by atoms with Crippen molar-refractivity contribution >= 4 is 11.9 Å². The van der Waals surface area contributed by atoms with Crippen molar-refractivity contribution in [3.05, 3.63) is 35.9 Å². The summed E-state index contributed by atoms with van der Waals surface area (Å²) >= 11 is 0. The molecule has 0 saturated carbocycles. The lowest BCUT2D eigenvalue weighted by Gasteiger charge is -2.04. The van der Waals surface area contributed by atoms with Crippen molar-refractivity contribution in [2.45, 2.75) is 13.0 Å². The summed E-state index contributed by atoms with van der Waals surface area (Å²) in [5, 5.41) is 15.9. The Balaban J connectivity index is 0.000000423. The van der Waals surface area contributed by atoms with Gasteiger partial charge in [0.2, 0.25) is 0 Å². The molecule has 0 aromatic heterocycles. The van der Waals surface area contributed by atoms with Crippen molar-refractivity contribution < 1.29 is 19.8 Å². The molecule has 0 saturated heterocycles. The summed E-state index contributed by atoms with van der Waals surface area (Å²) in [5.41, 5.74) is 5.96. The van der Waals surface area contributed by atoms with E-state index in [4.69, 9.17) is 20.7 Å². The zero-order valence-corrected chi connectivity index (χ0v) is 8.25. The van der Waals surface area contributed by atoms with E-state index in [1.165, 1.54) is 0 Å². The van der Waals surface area contributed by atoms with Gasteiger partial charge in [-0.15, -0.1) is 0 Å². The van der Waals surface area contributed by atoms with Crippen LogP contribution in [0.15, 0.2) is 30.3 Å². The van der Waals surface area contributed by atoms with Crippen LogP contribution in [0.1, 0.15) is 18.5 Å². The van der Waals surface area contributed by atoms with Crippen LogP contribution >= 0.6 is 0 Å². The Kier molecular flexibility index (Phi) is 5.73. The minimum atomic E-state index is -1.00. The average molecular weight is 211 g/mol. The molecule has 4 N–H and O–H groups in total. The molecule has 0 heterocycles. The van der Waals surface area contributed by atoms with Gasteiger partial charge in [0.05, 0.1) is 0 Å². The summed E-state index contributed by atoms with van der Waals surface area (Å²) in [5.74, 6) is -1.84. The second-order valence-corrected chi connectivity index (χ2v) is 2.75. The second-order valence-electron chi connectivity index (χ2n) is 2.75. The number of rotatable bonds is 2. The van der Waals surface area contributed by atoms with Gasteiger partial charge in [0, 0.05) is 6.92 Å². The number of hydrogen-bond donors (Lipinski definition) is 3. The number of benzene rings is 1. The summed E-state index contributed by atoms with van der Waals surface area (Å²) in [6.07, 6.45) is 0. The predicted octanol–water partition coefficient (Wildman–Crippen LogP) is 0.862. The number of nitrogens with two attached hydrogens (primary N) is 1. The van der Waals surface area contributed by atoms with Crippen LogP contribution in [0.25, 0.3) is 0 Å². The van der Waals surface area contributed by atoms with Crippen LogP contribution in [0.4, 0.5) is 0 Å². The predicted molar refractivity (Wildman–Crippen MR) is 54.3 cm³/mol. The lowest BCUT2D eigenvalue weighted by atomic mass is 10.1. The molecule has 0 radical (unpaired) electrons. The van der Waals surface area contributed by atoms with Gasteiger partial charge in [-0.05, 0) is 5.56 Å². The third kappa shape index (κ3) is 6.23. The van der Waals surface area contributed by atoms with E-state index in [1.54, 1.807) is 24.3 Å². The van der Waals surface area contributed by atoms with Crippen molar-refractivity contribution in [1.29, 1.82) is 0 Å². The second kappa shape index (κ2) is 6.56. The van der Waals surface area contributed by atoms with Gasteiger partial charge in [-0.2, -0.15) is 0 Å². The van der Waals surface area contributed by atoms with Gasteiger partial charge in [0.1, 0.15) is 6.04 Å². The summed E-state index contributed by atoms with van der Waals surface area (Å²) in [4.78, 5) is 19.4. The average Bonchev–Trinajstić information content (AvgIpc) is 2.17. The summed E-state index contributed by atoms with van der Waals surface area (Å²) in [6.45, 7) is 1.08. The topological polar surface area (TPSA) is 101 Å². The van der Waals surface area contributed by atoms with Gasteiger partial charge in [0.25, 0.3) is 5.97 Å². The van der Waals surface area contributed by atoms with Gasteiger partial charge < -0.3 is 15.9 Å². The molecule has 0 amide bonds. The van der Waals surface area contributed by atoms with Crippen molar-refractivity contribution in [2.75, 3.05) is 0 Å². The molecule has 0 fully saturated rings. The van der Waals surface area contributed by atoms with Crippen LogP contribution in [-0.2, 0) is 9.59 Å². The van der Waals surface area contributed by atoms with Gasteiger partial charge >= 0.3 is 5.97 Å². The third-order valence-electron chi connectivity index (χ3n) is 1.42. The van der Waals surface area contributed by atoms with Crippen LogP contribution < -0.4 is 5.73 Å². The summed E-state index contributed by atoms with van der Waals surface area (Å²) < 4.78 is 0.